The van der Waals surface area contributed by atoms with Crippen LogP contribution in [0.15, 0.2) is 16.7 Å². The Morgan fingerprint density at radius 3 is 2.94 bits per heavy atom. The fourth-order valence-electron chi connectivity index (χ4n) is 2.75. The minimum Gasteiger partial charge on any atom is -0.469 e. The van der Waals surface area contributed by atoms with E-state index in [1.54, 1.807) is 6.26 Å². The Balaban J connectivity index is 1.71. The van der Waals surface area contributed by atoms with Gasteiger partial charge in [0.05, 0.1) is 12.3 Å². The van der Waals surface area contributed by atoms with Crippen LogP contribution in [0.25, 0.3) is 0 Å². The highest BCUT2D eigenvalue weighted by Gasteiger charge is 2.31. The molecular formula is C13H16N2O3. The third-order valence-corrected chi connectivity index (χ3v) is 3.69. The quantitative estimate of drug-likeness (QED) is 0.767. The summed E-state index contributed by atoms with van der Waals surface area (Å²) in [6.07, 6.45) is 5.73. The van der Waals surface area contributed by atoms with Gasteiger partial charge >= 0.3 is 0 Å². The van der Waals surface area contributed by atoms with E-state index in [0.717, 1.165) is 30.6 Å². The van der Waals surface area contributed by atoms with Crippen molar-refractivity contribution in [2.24, 2.45) is 0 Å². The van der Waals surface area contributed by atoms with Crippen LogP contribution >= 0.6 is 0 Å². The zero-order chi connectivity index (χ0) is 12.5. The van der Waals surface area contributed by atoms with Crippen molar-refractivity contribution in [2.75, 3.05) is 0 Å². The van der Waals surface area contributed by atoms with Crippen molar-refractivity contribution >= 4 is 11.8 Å². The van der Waals surface area contributed by atoms with Crippen molar-refractivity contribution in [2.45, 2.75) is 44.2 Å². The number of hydrogen-bond donors (Lipinski definition) is 2. The fraction of sp³-hybridized carbons (Fsp3) is 0.538. The Kier molecular flexibility index (Phi) is 2.91. The van der Waals surface area contributed by atoms with Gasteiger partial charge in [-0.05, 0) is 25.3 Å². The van der Waals surface area contributed by atoms with Crippen LogP contribution in [-0.2, 0) is 16.0 Å². The minimum atomic E-state index is -0.270. The van der Waals surface area contributed by atoms with Gasteiger partial charge in [0.15, 0.2) is 0 Å². The first kappa shape index (κ1) is 11.5. The molecule has 96 valence electrons. The lowest BCUT2D eigenvalue weighted by atomic mass is 9.92. The molecule has 5 heteroatoms. The van der Waals surface area contributed by atoms with Gasteiger partial charge < -0.3 is 4.42 Å². The van der Waals surface area contributed by atoms with Gasteiger partial charge in [-0.1, -0.05) is 0 Å². The second-order valence-corrected chi connectivity index (χ2v) is 4.91. The molecular weight excluding hydrogens is 232 g/mol. The number of carbonyl (C=O) groups excluding carboxylic acids is 2. The van der Waals surface area contributed by atoms with E-state index < -0.39 is 0 Å². The average molecular weight is 248 g/mol. The molecule has 0 radical (unpaired) electrons. The summed E-state index contributed by atoms with van der Waals surface area (Å²) in [6.45, 7) is 0. The van der Waals surface area contributed by atoms with E-state index in [0.29, 0.717) is 12.8 Å². The van der Waals surface area contributed by atoms with Crippen molar-refractivity contribution in [3.63, 3.8) is 0 Å². The summed E-state index contributed by atoms with van der Waals surface area (Å²) in [4.78, 5) is 22.8. The monoisotopic (exact) mass is 248 g/mol. The number of rotatable bonds is 2. The van der Waals surface area contributed by atoms with Gasteiger partial charge in [-0.3, -0.25) is 20.2 Å². The van der Waals surface area contributed by atoms with Gasteiger partial charge in [-0.2, -0.15) is 0 Å². The van der Waals surface area contributed by atoms with Crippen molar-refractivity contribution in [1.29, 1.82) is 0 Å². The molecule has 2 amide bonds. The molecule has 1 aliphatic carbocycles. The summed E-state index contributed by atoms with van der Waals surface area (Å²) in [6, 6.07) is 1.86. The van der Waals surface area contributed by atoms with Crippen LogP contribution in [-0.4, -0.2) is 17.9 Å². The Labute approximate surface area is 105 Å². The van der Waals surface area contributed by atoms with E-state index in [4.69, 9.17) is 4.42 Å². The van der Waals surface area contributed by atoms with Gasteiger partial charge in [0, 0.05) is 24.4 Å². The fourth-order valence-corrected chi connectivity index (χ4v) is 2.75. The van der Waals surface area contributed by atoms with E-state index >= 15 is 0 Å². The van der Waals surface area contributed by atoms with Crippen LogP contribution in [0.3, 0.4) is 0 Å². The van der Waals surface area contributed by atoms with E-state index in [9.17, 15) is 9.59 Å². The molecule has 2 aliphatic rings. The Bertz CT molecular complexity index is 480. The Morgan fingerprint density at radius 2 is 2.11 bits per heavy atom. The lowest BCUT2D eigenvalue weighted by Crippen LogP contribution is -2.51. The van der Waals surface area contributed by atoms with Gasteiger partial charge in [0.2, 0.25) is 11.8 Å². The summed E-state index contributed by atoms with van der Waals surface area (Å²) < 4.78 is 5.42. The number of imide groups is 1. The summed E-state index contributed by atoms with van der Waals surface area (Å²) in [7, 11) is 0. The highest BCUT2D eigenvalue weighted by atomic mass is 16.3. The van der Waals surface area contributed by atoms with E-state index in [1.807, 2.05) is 6.07 Å². The molecule has 1 aliphatic heterocycles. The molecule has 1 aromatic heterocycles. The summed E-state index contributed by atoms with van der Waals surface area (Å²) in [5.74, 6) is 0.638. The highest BCUT2D eigenvalue weighted by Crippen LogP contribution is 2.31. The number of piperidine rings is 1. The first-order chi connectivity index (χ1) is 8.74. The second kappa shape index (κ2) is 4.57. The maximum Gasteiger partial charge on any atom is 0.243 e. The molecule has 0 saturated carbocycles. The molecule has 2 heterocycles. The summed E-state index contributed by atoms with van der Waals surface area (Å²) in [5.41, 5.74) is 1.16. The first-order valence-corrected chi connectivity index (χ1v) is 6.40. The Morgan fingerprint density at radius 1 is 1.22 bits per heavy atom. The van der Waals surface area contributed by atoms with Gasteiger partial charge in [-0.15, -0.1) is 0 Å². The molecule has 1 aromatic rings. The van der Waals surface area contributed by atoms with E-state index in [2.05, 4.69) is 10.6 Å². The molecule has 0 spiro atoms. The third-order valence-electron chi connectivity index (χ3n) is 3.69. The van der Waals surface area contributed by atoms with Crippen LogP contribution in [0.5, 0.6) is 0 Å². The average Bonchev–Trinajstić information content (AvgIpc) is 2.82. The summed E-state index contributed by atoms with van der Waals surface area (Å²) in [5, 5.41) is 5.72. The maximum atomic E-state index is 11.7. The molecule has 2 N–H and O–H groups in total. The standard InChI is InChI=1S/C13H16N2O3/c16-12-5-4-10(13(17)15-12)14-9-2-1-3-11-8(9)6-7-18-11/h6-7,9-10,14H,1-5H2,(H,15,16,17). The van der Waals surface area contributed by atoms with E-state index in [-0.39, 0.29) is 23.9 Å². The van der Waals surface area contributed by atoms with Gasteiger partial charge in [0.1, 0.15) is 5.76 Å². The van der Waals surface area contributed by atoms with Crippen molar-refractivity contribution < 1.29 is 14.0 Å². The Hall–Kier alpha value is -1.62. The van der Waals surface area contributed by atoms with Crippen LogP contribution in [0, 0.1) is 0 Å². The minimum absolute atomic E-state index is 0.163. The van der Waals surface area contributed by atoms with E-state index in [1.165, 1.54) is 0 Å². The third kappa shape index (κ3) is 2.06. The molecule has 3 rings (SSSR count). The topological polar surface area (TPSA) is 71.3 Å². The predicted molar refractivity (Wildman–Crippen MR) is 63.7 cm³/mol. The van der Waals surface area contributed by atoms with Gasteiger partial charge in [-0.25, -0.2) is 0 Å². The second-order valence-electron chi connectivity index (χ2n) is 4.91. The normalized spacial score (nSPS) is 27.8. The smallest absolute Gasteiger partial charge is 0.243 e. The van der Waals surface area contributed by atoms with Crippen LogP contribution in [0.1, 0.15) is 43.0 Å². The molecule has 2 atom stereocenters. The van der Waals surface area contributed by atoms with Crippen LogP contribution in [0.2, 0.25) is 0 Å². The molecule has 18 heavy (non-hydrogen) atoms. The maximum absolute atomic E-state index is 11.7. The number of amides is 2. The number of hydrogen-bond acceptors (Lipinski definition) is 4. The lowest BCUT2D eigenvalue weighted by Gasteiger charge is -2.29. The predicted octanol–water partition coefficient (Wildman–Crippen LogP) is 1.05. The lowest BCUT2D eigenvalue weighted by molar-refractivity contribution is -0.134. The molecule has 1 saturated heterocycles. The van der Waals surface area contributed by atoms with Crippen molar-refractivity contribution in [1.82, 2.24) is 10.6 Å². The largest absolute Gasteiger partial charge is 0.469 e. The van der Waals surface area contributed by atoms with Crippen LogP contribution in [0.4, 0.5) is 0 Å². The highest BCUT2D eigenvalue weighted by molar-refractivity contribution is 6.00. The first-order valence-electron chi connectivity index (χ1n) is 6.40. The number of carbonyl (C=O) groups is 2. The molecule has 0 bridgehead atoms. The molecule has 0 aromatic carbocycles. The molecule has 2 unspecified atom stereocenters. The van der Waals surface area contributed by atoms with Crippen molar-refractivity contribution in [3.05, 3.63) is 23.7 Å². The number of fused-ring (bicyclic) bond motifs is 1. The number of nitrogens with one attached hydrogen (secondary N) is 2. The van der Waals surface area contributed by atoms with Gasteiger partial charge in [0.25, 0.3) is 0 Å². The van der Waals surface area contributed by atoms with Crippen LogP contribution < -0.4 is 10.6 Å². The summed E-state index contributed by atoms with van der Waals surface area (Å²) >= 11 is 0. The molecule has 5 nitrogen and oxygen atoms in total. The SMILES string of the molecule is O=C1CCC(NC2CCCc3occc32)C(=O)N1. The zero-order valence-corrected chi connectivity index (χ0v) is 10.1. The number of aryl methyl sites for hydroxylation is 1. The number of furan rings is 1. The molecule has 1 fully saturated rings. The van der Waals surface area contributed by atoms with Crippen molar-refractivity contribution in [3.8, 4) is 0 Å². The zero-order valence-electron chi connectivity index (χ0n) is 10.1.